The fourth-order valence-electron chi connectivity index (χ4n) is 2.50. The number of rotatable bonds is 6. The number of hydrogen-bond acceptors (Lipinski definition) is 3. The number of nitrogens with one attached hydrogen (secondary N) is 2. The molecule has 0 fully saturated rings. The van der Waals surface area contributed by atoms with Crippen molar-refractivity contribution in [2.24, 2.45) is 0 Å². The monoisotopic (exact) mass is 304 g/mol. The van der Waals surface area contributed by atoms with Crippen LogP contribution in [0.4, 0.5) is 0 Å². The summed E-state index contributed by atoms with van der Waals surface area (Å²) in [5.41, 5.74) is 1.35. The van der Waals surface area contributed by atoms with Gasteiger partial charge in [0, 0.05) is 34.6 Å². The standard InChI is InChI=1S/C17H24N2OS/c1-11(2)19-16(20)9-10-18-13(4)17-12(3)14-7-5-6-8-15(14)21-17/h5-8,11,13,18H,9-10H2,1-4H3,(H,19,20). The highest BCUT2D eigenvalue weighted by atomic mass is 32.1. The second-order valence-corrected chi connectivity index (χ2v) is 6.82. The lowest BCUT2D eigenvalue weighted by Gasteiger charge is -2.14. The average Bonchev–Trinajstić information content (AvgIpc) is 2.76. The van der Waals surface area contributed by atoms with Crippen molar-refractivity contribution in [1.29, 1.82) is 0 Å². The van der Waals surface area contributed by atoms with Gasteiger partial charge in [0.1, 0.15) is 0 Å². The lowest BCUT2D eigenvalue weighted by molar-refractivity contribution is -0.121. The normalized spacial score (nSPS) is 12.8. The van der Waals surface area contributed by atoms with Gasteiger partial charge < -0.3 is 10.6 Å². The minimum atomic E-state index is 0.109. The third kappa shape index (κ3) is 4.05. The van der Waals surface area contributed by atoms with Gasteiger partial charge in [-0.2, -0.15) is 0 Å². The molecule has 0 saturated heterocycles. The predicted molar refractivity (Wildman–Crippen MR) is 90.9 cm³/mol. The van der Waals surface area contributed by atoms with Crippen LogP contribution in [0, 0.1) is 6.92 Å². The first kappa shape index (κ1) is 16.0. The summed E-state index contributed by atoms with van der Waals surface area (Å²) in [6.45, 7) is 9.01. The first-order chi connectivity index (χ1) is 9.99. The van der Waals surface area contributed by atoms with Crippen molar-refractivity contribution in [3.63, 3.8) is 0 Å². The maximum Gasteiger partial charge on any atom is 0.221 e. The molecule has 21 heavy (non-hydrogen) atoms. The van der Waals surface area contributed by atoms with Crippen molar-refractivity contribution >= 4 is 27.3 Å². The summed E-state index contributed by atoms with van der Waals surface area (Å²) >= 11 is 1.84. The van der Waals surface area contributed by atoms with Crippen LogP contribution in [-0.4, -0.2) is 18.5 Å². The molecule has 0 aliphatic carbocycles. The van der Waals surface area contributed by atoms with Crippen molar-refractivity contribution in [2.75, 3.05) is 6.54 Å². The Morgan fingerprint density at radius 2 is 1.95 bits per heavy atom. The zero-order valence-corrected chi connectivity index (χ0v) is 14.0. The van der Waals surface area contributed by atoms with Crippen LogP contribution in [-0.2, 0) is 4.79 Å². The van der Waals surface area contributed by atoms with Gasteiger partial charge in [0.05, 0.1) is 0 Å². The first-order valence-electron chi connectivity index (χ1n) is 7.49. The Kier molecular flexibility index (Phi) is 5.37. The summed E-state index contributed by atoms with van der Waals surface area (Å²) in [5.74, 6) is 0.109. The summed E-state index contributed by atoms with van der Waals surface area (Å²) in [5, 5.41) is 7.70. The minimum Gasteiger partial charge on any atom is -0.354 e. The number of carbonyl (C=O) groups is 1. The molecule has 2 N–H and O–H groups in total. The quantitative estimate of drug-likeness (QED) is 0.853. The van der Waals surface area contributed by atoms with Crippen molar-refractivity contribution in [1.82, 2.24) is 10.6 Å². The van der Waals surface area contributed by atoms with Gasteiger partial charge in [-0.15, -0.1) is 11.3 Å². The van der Waals surface area contributed by atoms with E-state index in [0.29, 0.717) is 13.0 Å². The van der Waals surface area contributed by atoms with Crippen molar-refractivity contribution in [2.45, 2.75) is 46.2 Å². The molecular weight excluding hydrogens is 280 g/mol. The third-order valence-electron chi connectivity index (χ3n) is 3.53. The zero-order chi connectivity index (χ0) is 15.4. The van der Waals surface area contributed by atoms with Crippen molar-refractivity contribution < 1.29 is 4.79 Å². The Morgan fingerprint density at radius 3 is 2.62 bits per heavy atom. The van der Waals surface area contributed by atoms with Gasteiger partial charge in [0.15, 0.2) is 0 Å². The summed E-state index contributed by atoms with van der Waals surface area (Å²) in [6, 6.07) is 8.98. The van der Waals surface area contributed by atoms with Crippen LogP contribution in [0.1, 0.15) is 43.7 Å². The number of amides is 1. The molecule has 0 bridgehead atoms. The lowest BCUT2D eigenvalue weighted by Crippen LogP contribution is -2.33. The largest absolute Gasteiger partial charge is 0.354 e. The van der Waals surface area contributed by atoms with Crippen molar-refractivity contribution in [3.8, 4) is 0 Å². The van der Waals surface area contributed by atoms with Gasteiger partial charge in [-0.05, 0) is 44.7 Å². The van der Waals surface area contributed by atoms with Gasteiger partial charge in [-0.1, -0.05) is 18.2 Å². The number of thiophene rings is 1. The van der Waals surface area contributed by atoms with E-state index in [4.69, 9.17) is 0 Å². The predicted octanol–water partition coefficient (Wildman–Crippen LogP) is 3.78. The van der Waals surface area contributed by atoms with E-state index in [-0.39, 0.29) is 18.0 Å². The Labute approximate surface area is 130 Å². The van der Waals surface area contributed by atoms with E-state index < -0.39 is 0 Å². The second-order valence-electron chi connectivity index (χ2n) is 5.74. The molecule has 0 saturated carbocycles. The molecule has 1 heterocycles. The zero-order valence-electron chi connectivity index (χ0n) is 13.2. The highest BCUT2D eigenvalue weighted by Crippen LogP contribution is 2.34. The number of carbonyl (C=O) groups excluding carboxylic acids is 1. The van der Waals surface area contributed by atoms with Crippen LogP contribution in [0.3, 0.4) is 0 Å². The van der Waals surface area contributed by atoms with Crippen LogP contribution < -0.4 is 10.6 Å². The summed E-state index contributed by atoms with van der Waals surface area (Å²) in [4.78, 5) is 13.0. The molecule has 2 aromatic rings. The molecule has 0 aliphatic rings. The van der Waals surface area contributed by atoms with E-state index in [1.54, 1.807) is 0 Å². The topological polar surface area (TPSA) is 41.1 Å². The summed E-state index contributed by atoms with van der Waals surface area (Å²) in [6.07, 6.45) is 0.520. The van der Waals surface area contributed by atoms with Gasteiger partial charge in [-0.25, -0.2) is 0 Å². The highest BCUT2D eigenvalue weighted by molar-refractivity contribution is 7.19. The number of hydrogen-bond donors (Lipinski definition) is 2. The smallest absolute Gasteiger partial charge is 0.221 e. The van der Waals surface area contributed by atoms with Crippen LogP contribution >= 0.6 is 11.3 Å². The Hall–Kier alpha value is -1.39. The molecule has 1 amide bonds. The molecule has 0 aliphatic heterocycles. The first-order valence-corrected chi connectivity index (χ1v) is 8.31. The highest BCUT2D eigenvalue weighted by Gasteiger charge is 2.14. The molecule has 1 aromatic heterocycles. The van der Waals surface area contributed by atoms with E-state index in [0.717, 1.165) is 0 Å². The maximum absolute atomic E-state index is 11.6. The van der Waals surface area contributed by atoms with E-state index in [9.17, 15) is 4.79 Å². The molecular formula is C17H24N2OS. The second kappa shape index (κ2) is 7.05. The average molecular weight is 304 g/mol. The van der Waals surface area contributed by atoms with Crippen molar-refractivity contribution in [3.05, 3.63) is 34.7 Å². The molecule has 3 nitrogen and oxygen atoms in total. The van der Waals surface area contributed by atoms with E-state index in [1.807, 2.05) is 25.2 Å². The molecule has 1 aromatic carbocycles. The van der Waals surface area contributed by atoms with Gasteiger partial charge in [-0.3, -0.25) is 4.79 Å². The van der Waals surface area contributed by atoms with E-state index >= 15 is 0 Å². The molecule has 0 radical (unpaired) electrons. The SMILES string of the molecule is Cc1c(C(C)NCCC(=O)NC(C)C)sc2ccccc12. The number of aryl methyl sites for hydroxylation is 1. The van der Waals surface area contributed by atoms with E-state index in [1.165, 1.54) is 20.5 Å². The molecule has 114 valence electrons. The Morgan fingerprint density at radius 1 is 1.24 bits per heavy atom. The van der Waals surface area contributed by atoms with Crippen LogP contribution in [0.15, 0.2) is 24.3 Å². The third-order valence-corrected chi connectivity index (χ3v) is 4.98. The fourth-order valence-corrected chi connectivity index (χ4v) is 3.73. The fraction of sp³-hybridized carbons (Fsp3) is 0.471. The molecule has 0 spiro atoms. The number of benzene rings is 1. The molecule has 1 unspecified atom stereocenters. The van der Waals surface area contributed by atoms with Gasteiger partial charge >= 0.3 is 0 Å². The Bertz CT molecular complexity index is 618. The van der Waals surface area contributed by atoms with E-state index in [2.05, 4.69) is 48.7 Å². The van der Waals surface area contributed by atoms with Crippen LogP contribution in [0.2, 0.25) is 0 Å². The summed E-state index contributed by atoms with van der Waals surface area (Å²) in [7, 11) is 0. The number of fused-ring (bicyclic) bond motifs is 1. The maximum atomic E-state index is 11.6. The van der Waals surface area contributed by atoms with Gasteiger partial charge in [0.25, 0.3) is 0 Å². The van der Waals surface area contributed by atoms with Gasteiger partial charge in [0.2, 0.25) is 5.91 Å². The lowest BCUT2D eigenvalue weighted by atomic mass is 10.1. The minimum absolute atomic E-state index is 0.109. The molecule has 4 heteroatoms. The summed E-state index contributed by atoms with van der Waals surface area (Å²) < 4.78 is 1.33. The molecule has 1 atom stereocenters. The Balaban J connectivity index is 1.95. The molecule has 2 rings (SSSR count). The van der Waals surface area contributed by atoms with Crippen LogP contribution in [0.25, 0.3) is 10.1 Å². The van der Waals surface area contributed by atoms with Crippen LogP contribution in [0.5, 0.6) is 0 Å².